The molecule has 11 nitrogen and oxygen atoms in total. The first kappa shape index (κ1) is 21.2. The number of nitrogens with one attached hydrogen (secondary N) is 1. The normalized spacial score (nSPS) is 17.3. The lowest BCUT2D eigenvalue weighted by Gasteiger charge is -2.34. The average Bonchev–Trinajstić information content (AvgIpc) is 2.81. The Bertz CT molecular complexity index is 918. The summed E-state index contributed by atoms with van der Waals surface area (Å²) in [5, 5.41) is 25.1. The second-order valence-electron chi connectivity index (χ2n) is 6.96. The molecule has 3 heterocycles. The maximum Gasteiger partial charge on any atom is 0.245 e. The summed E-state index contributed by atoms with van der Waals surface area (Å²) < 4.78 is 24.7. The molecule has 2 aromatic rings. The first-order chi connectivity index (χ1) is 15.1. The van der Waals surface area contributed by atoms with Crippen molar-refractivity contribution in [1.29, 1.82) is 0 Å². The van der Waals surface area contributed by atoms with Gasteiger partial charge in [0.25, 0.3) is 0 Å². The van der Waals surface area contributed by atoms with E-state index in [2.05, 4.69) is 20.5 Å². The van der Waals surface area contributed by atoms with Crippen LogP contribution in [0.4, 0.5) is 27.5 Å². The third-order valence-corrected chi connectivity index (χ3v) is 4.97. The van der Waals surface area contributed by atoms with Crippen LogP contribution in [0.15, 0.2) is 29.5 Å². The fourth-order valence-corrected chi connectivity index (χ4v) is 3.42. The number of morpholine rings is 2. The van der Waals surface area contributed by atoms with Crippen LogP contribution in [-0.4, -0.2) is 74.0 Å². The van der Waals surface area contributed by atoms with Gasteiger partial charge in [-0.2, -0.15) is 10.1 Å². The van der Waals surface area contributed by atoms with E-state index >= 15 is 0 Å². The zero-order valence-electron chi connectivity index (χ0n) is 16.8. The van der Waals surface area contributed by atoms with E-state index in [0.717, 1.165) is 6.20 Å². The van der Waals surface area contributed by atoms with Crippen LogP contribution in [-0.2, 0) is 9.47 Å². The number of hydrogen-bond donors (Lipinski definition) is 2. The molecule has 0 bridgehead atoms. The largest absolute Gasteiger partial charge is 0.733 e. The molecule has 166 valence electrons. The SMILES string of the molecule is [O-]N(O)c1cc(/C=N\Nc2ncc(F)c(N3CCOCC3)n2)ccc1N1CCOCC1. The number of ether oxygens (including phenoxy) is 2. The summed E-state index contributed by atoms with van der Waals surface area (Å²) in [6, 6.07) is 5.04. The van der Waals surface area contributed by atoms with Crippen molar-refractivity contribution in [2.45, 2.75) is 0 Å². The van der Waals surface area contributed by atoms with Gasteiger partial charge >= 0.3 is 0 Å². The minimum atomic E-state index is -0.516. The third kappa shape index (κ3) is 5.17. The third-order valence-electron chi connectivity index (χ3n) is 4.97. The van der Waals surface area contributed by atoms with Gasteiger partial charge in [0, 0.05) is 26.2 Å². The molecule has 4 rings (SSSR count). The molecule has 12 heteroatoms. The molecule has 2 fully saturated rings. The van der Waals surface area contributed by atoms with Gasteiger partial charge in [0.1, 0.15) is 0 Å². The molecule has 1 aromatic carbocycles. The molecule has 2 saturated heterocycles. The molecule has 0 saturated carbocycles. The molecule has 0 radical (unpaired) electrons. The standard InChI is InChI=1S/C19H23FN7O4/c20-15-13-21-19(23-18(15)26-5-9-31-10-6-26)24-22-12-14-1-2-16(17(11-14)27(28)29)25-3-7-30-8-4-25/h1-2,11-13,28H,3-10H2,(H,21,23,24)/q-1/b22-12-. The van der Waals surface area contributed by atoms with E-state index in [1.165, 1.54) is 12.3 Å². The van der Waals surface area contributed by atoms with E-state index in [9.17, 15) is 14.8 Å². The van der Waals surface area contributed by atoms with Crippen molar-refractivity contribution in [3.05, 3.63) is 41.0 Å². The lowest BCUT2D eigenvalue weighted by molar-refractivity contribution is 0.122. The highest BCUT2D eigenvalue weighted by atomic mass is 19.1. The molecule has 2 aliphatic rings. The molecule has 2 aliphatic heterocycles. The van der Waals surface area contributed by atoms with Crippen LogP contribution < -0.4 is 20.5 Å². The number of anilines is 4. The van der Waals surface area contributed by atoms with Crippen LogP contribution in [0, 0.1) is 11.0 Å². The molecule has 0 aliphatic carbocycles. The fourth-order valence-electron chi connectivity index (χ4n) is 3.42. The second-order valence-corrected chi connectivity index (χ2v) is 6.96. The number of nitrogens with zero attached hydrogens (tertiary/aromatic N) is 6. The Morgan fingerprint density at radius 2 is 1.81 bits per heavy atom. The van der Waals surface area contributed by atoms with Gasteiger partial charge in [-0.3, -0.25) is 5.21 Å². The molecule has 2 N–H and O–H groups in total. The minimum Gasteiger partial charge on any atom is -0.733 e. The zero-order chi connectivity index (χ0) is 21.6. The van der Waals surface area contributed by atoms with Gasteiger partial charge in [-0.1, -0.05) is 6.07 Å². The lowest BCUT2D eigenvalue weighted by atomic mass is 10.1. The Kier molecular flexibility index (Phi) is 6.72. The van der Waals surface area contributed by atoms with Gasteiger partial charge < -0.3 is 29.7 Å². The highest BCUT2D eigenvalue weighted by molar-refractivity contribution is 5.85. The average molecular weight is 432 g/mol. The summed E-state index contributed by atoms with van der Waals surface area (Å²) in [5.41, 5.74) is 3.97. The molecule has 0 amide bonds. The highest BCUT2D eigenvalue weighted by Gasteiger charge is 2.18. The number of aromatic nitrogens is 2. The highest BCUT2D eigenvalue weighted by Crippen LogP contribution is 2.30. The van der Waals surface area contributed by atoms with Crippen molar-refractivity contribution in [2.24, 2.45) is 5.10 Å². The molecule has 31 heavy (non-hydrogen) atoms. The monoisotopic (exact) mass is 432 g/mol. The molecule has 0 unspecified atom stereocenters. The molecular weight excluding hydrogens is 409 g/mol. The van der Waals surface area contributed by atoms with E-state index in [1.54, 1.807) is 17.0 Å². The van der Waals surface area contributed by atoms with Crippen molar-refractivity contribution in [3.63, 3.8) is 0 Å². The number of benzene rings is 1. The molecular formula is C19H23FN7O4-. The molecule has 0 atom stereocenters. The number of hydrogen-bond acceptors (Lipinski definition) is 11. The van der Waals surface area contributed by atoms with Crippen molar-refractivity contribution >= 4 is 29.4 Å². The van der Waals surface area contributed by atoms with Gasteiger partial charge in [0.05, 0.1) is 50.2 Å². The molecule has 0 spiro atoms. The summed E-state index contributed by atoms with van der Waals surface area (Å²) in [6.45, 7) is 4.47. The Balaban J connectivity index is 1.46. The van der Waals surface area contributed by atoms with E-state index in [1.807, 2.05) is 4.90 Å². The van der Waals surface area contributed by atoms with Crippen LogP contribution in [0.5, 0.6) is 0 Å². The summed E-state index contributed by atoms with van der Waals surface area (Å²) in [4.78, 5) is 11.8. The van der Waals surface area contributed by atoms with Crippen molar-refractivity contribution in [2.75, 3.05) is 73.1 Å². The van der Waals surface area contributed by atoms with Crippen LogP contribution in [0.25, 0.3) is 0 Å². The number of rotatable bonds is 6. The Hall–Kier alpha value is -3.06. The van der Waals surface area contributed by atoms with Gasteiger partial charge in [-0.15, -0.1) is 0 Å². The van der Waals surface area contributed by atoms with Gasteiger partial charge in [0.15, 0.2) is 11.6 Å². The second kappa shape index (κ2) is 9.83. The summed E-state index contributed by atoms with van der Waals surface area (Å²) in [7, 11) is 0. The van der Waals surface area contributed by atoms with Gasteiger partial charge in [0.2, 0.25) is 5.95 Å². The Morgan fingerprint density at radius 3 is 2.48 bits per heavy atom. The van der Waals surface area contributed by atoms with Gasteiger partial charge in [-0.25, -0.2) is 14.8 Å². The summed E-state index contributed by atoms with van der Waals surface area (Å²) in [6.07, 6.45) is 2.54. The summed E-state index contributed by atoms with van der Waals surface area (Å²) >= 11 is 0. The van der Waals surface area contributed by atoms with Crippen molar-refractivity contribution in [3.8, 4) is 0 Å². The quantitative estimate of drug-likeness (QED) is 0.512. The number of halogens is 1. The van der Waals surface area contributed by atoms with Crippen LogP contribution in [0.3, 0.4) is 0 Å². The smallest absolute Gasteiger partial charge is 0.245 e. The first-order valence-corrected chi connectivity index (χ1v) is 9.89. The van der Waals surface area contributed by atoms with E-state index in [4.69, 9.17) is 9.47 Å². The topological polar surface area (TPSA) is 122 Å². The van der Waals surface area contributed by atoms with Crippen LogP contribution in [0.1, 0.15) is 5.56 Å². The van der Waals surface area contributed by atoms with Crippen LogP contribution >= 0.6 is 0 Å². The predicted octanol–water partition coefficient (Wildman–Crippen LogP) is 1.43. The summed E-state index contributed by atoms with van der Waals surface area (Å²) in [5.74, 6) is -0.189. The zero-order valence-corrected chi connectivity index (χ0v) is 16.8. The first-order valence-electron chi connectivity index (χ1n) is 9.89. The fraction of sp³-hybridized carbons (Fsp3) is 0.421. The number of hydrazone groups is 1. The van der Waals surface area contributed by atoms with E-state index in [-0.39, 0.29) is 22.7 Å². The Labute approximate surface area is 178 Å². The molecule has 1 aromatic heterocycles. The van der Waals surface area contributed by atoms with E-state index < -0.39 is 5.82 Å². The van der Waals surface area contributed by atoms with Crippen molar-refractivity contribution < 1.29 is 19.1 Å². The van der Waals surface area contributed by atoms with Crippen LogP contribution in [0.2, 0.25) is 0 Å². The Morgan fingerprint density at radius 1 is 1.13 bits per heavy atom. The van der Waals surface area contributed by atoms with E-state index in [0.29, 0.717) is 63.9 Å². The minimum absolute atomic E-state index is 0.110. The maximum absolute atomic E-state index is 14.1. The van der Waals surface area contributed by atoms with Crippen molar-refractivity contribution in [1.82, 2.24) is 9.97 Å². The lowest BCUT2D eigenvalue weighted by Crippen LogP contribution is -2.37. The van der Waals surface area contributed by atoms with Gasteiger partial charge in [-0.05, 0) is 17.7 Å². The maximum atomic E-state index is 14.1. The predicted molar refractivity (Wildman–Crippen MR) is 113 cm³/mol.